The second kappa shape index (κ2) is 5.68. The predicted octanol–water partition coefficient (Wildman–Crippen LogP) is 1.06. The summed E-state index contributed by atoms with van der Waals surface area (Å²) in [5.41, 5.74) is -0.199. The van der Waals surface area contributed by atoms with E-state index in [1.54, 1.807) is 13.1 Å². The molecular weight excluding hydrogens is 210 g/mol. The predicted molar refractivity (Wildman–Crippen MR) is 57.2 cm³/mol. The lowest BCUT2D eigenvalue weighted by Gasteiger charge is -2.05. The summed E-state index contributed by atoms with van der Waals surface area (Å²) in [4.78, 5) is 9.97. The minimum atomic E-state index is -0.587. The van der Waals surface area contributed by atoms with Crippen molar-refractivity contribution in [2.75, 3.05) is 20.2 Å². The van der Waals surface area contributed by atoms with E-state index in [9.17, 15) is 10.1 Å². The summed E-state index contributed by atoms with van der Waals surface area (Å²) in [7, 11) is 1.79. The fraction of sp³-hybridized carbons (Fsp3) is 0.300. The summed E-state index contributed by atoms with van der Waals surface area (Å²) < 4.78 is 5.29. The average Bonchev–Trinajstić information content (AvgIpc) is 2.29. The van der Waals surface area contributed by atoms with E-state index in [1.165, 1.54) is 18.2 Å². The third-order valence-electron chi connectivity index (χ3n) is 1.91. The van der Waals surface area contributed by atoms with Crippen molar-refractivity contribution in [2.45, 2.75) is 0 Å². The number of benzene rings is 1. The Balaban J connectivity index is 2.84. The minimum Gasteiger partial charge on any atom is -0.492 e. The van der Waals surface area contributed by atoms with Crippen LogP contribution < -0.4 is 10.1 Å². The molecule has 0 bridgehead atoms. The summed E-state index contributed by atoms with van der Waals surface area (Å²) in [5.74, 6) is 0.456. The molecule has 0 amide bonds. The van der Waals surface area contributed by atoms with Crippen LogP contribution in [-0.2, 0) is 0 Å². The molecule has 6 heteroatoms. The SMILES string of the molecule is CNCCOc1ccc([N+](=O)[O-])c(C#N)c1. The van der Waals surface area contributed by atoms with Crippen LogP contribution in [0.15, 0.2) is 18.2 Å². The first-order valence-corrected chi connectivity index (χ1v) is 4.65. The van der Waals surface area contributed by atoms with Crippen LogP contribution in [-0.4, -0.2) is 25.1 Å². The first-order valence-electron chi connectivity index (χ1n) is 4.65. The number of nitro groups is 1. The van der Waals surface area contributed by atoms with Gasteiger partial charge in [-0.3, -0.25) is 10.1 Å². The molecule has 0 saturated carbocycles. The van der Waals surface area contributed by atoms with Crippen LogP contribution >= 0.6 is 0 Å². The summed E-state index contributed by atoms with van der Waals surface area (Å²) >= 11 is 0. The van der Waals surface area contributed by atoms with Gasteiger partial charge in [0, 0.05) is 18.7 Å². The van der Waals surface area contributed by atoms with Crippen molar-refractivity contribution in [3.8, 4) is 11.8 Å². The monoisotopic (exact) mass is 221 g/mol. The zero-order valence-corrected chi connectivity index (χ0v) is 8.77. The number of hydrogen-bond donors (Lipinski definition) is 1. The third kappa shape index (κ3) is 2.93. The number of nitrogens with zero attached hydrogens (tertiary/aromatic N) is 2. The van der Waals surface area contributed by atoms with Gasteiger partial charge in [0.2, 0.25) is 0 Å². The Hall–Kier alpha value is -2.13. The Morgan fingerprint density at radius 1 is 1.62 bits per heavy atom. The van der Waals surface area contributed by atoms with E-state index in [0.717, 1.165) is 0 Å². The van der Waals surface area contributed by atoms with Crippen LogP contribution in [0, 0.1) is 21.4 Å². The molecule has 0 aliphatic carbocycles. The number of nitro benzene ring substituents is 1. The van der Waals surface area contributed by atoms with Gasteiger partial charge in [0.05, 0.1) is 4.92 Å². The molecular formula is C10H11N3O3. The highest BCUT2D eigenvalue weighted by Gasteiger charge is 2.13. The van der Waals surface area contributed by atoms with Crippen LogP contribution in [0.3, 0.4) is 0 Å². The lowest BCUT2D eigenvalue weighted by atomic mass is 10.2. The van der Waals surface area contributed by atoms with E-state index < -0.39 is 4.92 Å². The molecule has 1 rings (SSSR count). The van der Waals surface area contributed by atoms with E-state index in [1.807, 2.05) is 0 Å². The lowest BCUT2D eigenvalue weighted by Crippen LogP contribution is -2.15. The molecule has 0 atom stereocenters. The molecule has 0 spiro atoms. The van der Waals surface area contributed by atoms with Gasteiger partial charge >= 0.3 is 0 Å². The smallest absolute Gasteiger partial charge is 0.287 e. The summed E-state index contributed by atoms with van der Waals surface area (Å²) in [5, 5.41) is 22.2. The fourth-order valence-corrected chi connectivity index (χ4v) is 1.12. The van der Waals surface area contributed by atoms with Gasteiger partial charge in [0.15, 0.2) is 0 Å². The van der Waals surface area contributed by atoms with E-state index >= 15 is 0 Å². The van der Waals surface area contributed by atoms with Gasteiger partial charge in [-0.2, -0.15) is 5.26 Å². The normalized spacial score (nSPS) is 9.50. The highest BCUT2D eigenvalue weighted by molar-refractivity contribution is 5.52. The van der Waals surface area contributed by atoms with Crippen molar-refractivity contribution < 1.29 is 9.66 Å². The molecule has 0 fully saturated rings. The molecule has 0 aliphatic rings. The average molecular weight is 221 g/mol. The van der Waals surface area contributed by atoms with Crippen LogP contribution in [0.4, 0.5) is 5.69 Å². The van der Waals surface area contributed by atoms with Gasteiger partial charge in [-0.05, 0) is 13.1 Å². The highest BCUT2D eigenvalue weighted by atomic mass is 16.6. The standard InChI is InChI=1S/C10H11N3O3/c1-12-4-5-16-9-2-3-10(13(14)15)8(6-9)7-11/h2-3,6,12H,4-5H2,1H3. The molecule has 0 unspecified atom stereocenters. The fourth-order valence-electron chi connectivity index (χ4n) is 1.12. The number of nitrogens with one attached hydrogen (secondary N) is 1. The third-order valence-corrected chi connectivity index (χ3v) is 1.91. The molecule has 0 heterocycles. The largest absolute Gasteiger partial charge is 0.492 e. The summed E-state index contributed by atoms with van der Waals surface area (Å²) in [6, 6.07) is 5.89. The van der Waals surface area contributed by atoms with Crippen molar-refractivity contribution in [2.24, 2.45) is 0 Å². The molecule has 0 saturated heterocycles. The zero-order valence-electron chi connectivity index (χ0n) is 8.77. The first kappa shape index (κ1) is 11.9. The van der Waals surface area contributed by atoms with E-state index in [2.05, 4.69) is 5.32 Å². The number of nitriles is 1. The Morgan fingerprint density at radius 3 is 2.94 bits per heavy atom. The van der Waals surface area contributed by atoms with Crippen molar-refractivity contribution in [1.82, 2.24) is 5.32 Å². The summed E-state index contributed by atoms with van der Waals surface area (Å²) in [6.45, 7) is 1.11. The van der Waals surface area contributed by atoms with Crippen LogP contribution in [0.1, 0.15) is 5.56 Å². The second-order valence-corrected chi connectivity index (χ2v) is 3.00. The van der Waals surface area contributed by atoms with Crippen LogP contribution in [0.5, 0.6) is 5.75 Å². The maximum Gasteiger partial charge on any atom is 0.287 e. The van der Waals surface area contributed by atoms with E-state index in [-0.39, 0.29) is 11.3 Å². The molecule has 0 aliphatic heterocycles. The van der Waals surface area contributed by atoms with Gasteiger partial charge < -0.3 is 10.1 Å². The van der Waals surface area contributed by atoms with Crippen LogP contribution in [0.2, 0.25) is 0 Å². The number of ether oxygens (including phenoxy) is 1. The molecule has 6 nitrogen and oxygen atoms in total. The number of hydrogen-bond acceptors (Lipinski definition) is 5. The lowest BCUT2D eigenvalue weighted by molar-refractivity contribution is -0.385. The Morgan fingerprint density at radius 2 is 2.38 bits per heavy atom. The molecule has 1 N–H and O–H groups in total. The van der Waals surface area contributed by atoms with Crippen molar-refractivity contribution in [1.29, 1.82) is 5.26 Å². The maximum absolute atomic E-state index is 10.6. The second-order valence-electron chi connectivity index (χ2n) is 3.00. The highest BCUT2D eigenvalue weighted by Crippen LogP contribution is 2.23. The van der Waals surface area contributed by atoms with E-state index in [0.29, 0.717) is 18.9 Å². The molecule has 0 aromatic heterocycles. The minimum absolute atomic E-state index is 0.00644. The van der Waals surface area contributed by atoms with Gasteiger partial charge in [-0.15, -0.1) is 0 Å². The van der Waals surface area contributed by atoms with Gasteiger partial charge in [-0.25, -0.2) is 0 Å². The van der Waals surface area contributed by atoms with Gasteiger partial charge in [0.1, 0.15) is 24.0 Å². The molecule has 1 aromatic carbocycles. The quantitative estimate of drug-likeness (QED) is 0.456. The Labute approximate surface area is 92.6 Å². The Kier molecular flexibility index (Phi) is 4.24. The van der Waals surface area contributed by atoms with Crippen molar-refractivity contribution in [3.63, 3.8) is 0 Å². The van der Waals surface area contributed by atoms with Crippen LogP contribution in [0.25, 0.3) is 0 Å². The first-order chi connectivity index (χ1) is 7.69. The molecule has 16 heavy (non-hydrogen) atoms. The van der Waals surface area contributed by atoms with Crippen molar-refractivity contribution in [3.05, 3.63) is 33.9 Å². The van der Waals surface area contributed by atoms with E-state index in [4.69, 9.17) is 10.00 Å². The Bertz CT molecular complexity index is 426. The zero-order chi connectivity index (χ0) is 12.0. The molecule has 0 radical (unpaired) electrons. The summed E-state index contributed by atoms with van der Waals surface area (Å²) in [6.07, 6.45) is 0. The van der Waals surface area contributed by atoms with Gasteiger partial charge in [0.25, 0.3) is 5.69 Å². The number of rotatable bonds is 5. The van der Waals surface area contributed by atoms with Gasteiger partial charge in [-0.1, -0.05) is 0 Å². The van der Waals surface area contributed by atoms with Crippen molar-refractivity contribution >= 4 is 5.69 Å². The maximum atomic E-state index is 10.6. The topological polar surface area (TPSA) is 88.2 Å². The molecule has 1 aromatic rings. The molecule has 84 valence electrons. The number of likely N-dealkylation sites (N-methyl/N-ethyl adjacent to an activating group) is 1.